The highest BCUT2D eigenvalue weighted by molar-refractivity contribution is 7.98. The Morgan fingerprint density at radius 2 is 1.48 bits per heavy atom. The average molecular weight is 492 g/mol. The van der Waals surface area contributed by atoms with Crippen molar-refractivity contribution in [2.75, 3.05) is 25.1 Å². The highest BCUT2D eigenvalue weighted by Gasteiger charge is 2.29. The molecule has 0 spiro atoms. The first kappa shape index (κ1) is 29.9. The van der Waals surface area contributed by atoms with Crippen molar-refractivity contribution in [1.82, 2.24) is 16.0 Å². The van der Waals surface area contributed by atoms with Crippen molar-refractivity contribution >= 4 is 47.4 Å². The van der Waals surface area contributed by atoms with E-state index in [1.807, 2.05) is 0 Å². The van der Waals surface area contributed by atoms with Crippen LogP contribution < -0.4 is 33.2 Å². The first-order valence-corrected chi connectivity index (χ1v) is 11.5. The second-order valence-electron chi connectivity index (χ2n) is 6.95. The predicted octanol–water partition coefficient (Wildman–Crippen LogP) is -2.84. The molecule has 0 aromatic carbocycles. The van der Waals surface area contributed by atoms with Crippen molar-refractivity contribution in [3.8, 4) is 0 Å². The van der Waals surface area contributed by atoms with E-state index in [0.29, 0.717) is 12.2 Å². The van der Waals surface area contributed by atoms with E-state index < -0.39 is 54.2 Å². The number of nitrogens with zero attached hydrogens (tertiary/aromatic N) is 1. The van der Waals surface area contributed by atoms with Gasteiger partial charge in [0, 0.05) is 13.0 Å². The number of carboxylic acid groups (broad SMARTS) is 2. The Kier molecular flexibility index (Phi) is 15.0. The largest absolute Gasteiger partial charge is 0.481 e. The zero-order valence-electron chi connectivity index (χ0n) is 18.4. The zero-order valence-corrected chi connectivity index (χ0v) is 19.2. The Labute approximate surface area is 195 Å². The Morgan fingerprint density at radius 3 is 1.97 bits per heavy atom. The van der Waals surface area contributed by atoms with Gasteiger partial charge in [0.2, 0.25) is 17.7 Å². The van der Waals surface area contributed by atoms with Crippen LogP contribution >= 0.6 is 11.8 Å². The first-order chi connectivity index (χ1) is 15.5. The highest BCUT2D eigenvalue weighted by atomic mass is 32.2. The van der Waals surface area contributed by atoms with Crippen molar-refractivity contribution in [3.05, 3.63) is 0 Å². The van der Waals surface area contributed by atoms with Crippen molar-refractivity contribution in [3.63, 3.8) is 0 Å². The Morgan fingerprint density at radius 1 is 0.909 bits per heavy atom. The molecule has 15 heteroatoms. The van der Waals surface area contributed by atoms with Gasteiger partial charge in [-0.1, -0.05) is 0 Å². The van der Waals surface area contributed by atoms with Gasteiger partial charge in [-0.15, -0.1) is 0 Å². The quantitative estimate of drug-likeness (QED) is 0.0584. The fourth-order valence-electron chi connectivity index (χ4n) is 2.60. The number of carbonyl (C=O) groups excluding carboxylic acids is 3. The van der Waals surface area contributed by atoms with Gasteiger partial charge in [-0.05, 0) is 37.7 Å². The van der Waals surface area contributed by atoms with Crippen LogP contribution in [-0.2, 0) is 24.0 Å². The second-order valence-corrected chi connectivity index (χ2v) is 7.93. The van der Waals surface area contributed by atoms with E-state index in [0.717, 1.165) is 0 Å². The number of aliphatic imine (C=N–C) groups is 1. The molecule has 0 saturated carbocycles. The molecule has 11 N–H and O–H groups in total. The van der Waals surface area contributed by atoms with Crippen LogP contribution in [0, 0.1) is 0 Å². The maximum absolute atomic E-state index is 12.8. The molecule has 0 fully saturated rings. The minimum atomic E-state index is -1.33. The van der Waals surface area contributed by atoms with Gasteiger partial charge in [0.25, 0.3) is 0 Å². The number of guanidine groups is 1. The first-order valence-electron chi connectivity index (χ1n) is 10.1. The molecule has 3 atom stereocenters. The maximum Gasteiger partial charge on any atom is 0.326 e. The molecule has 0 aliphatic heterocycles. The van der Waals surface area contributed by atoms with Crippen LogP contribution in [0.3, 0.4) is 0 Å². The summed E-state index contributed by atoms with van der Waals surface area (Å²) in [5, 5.41) is 25.4. The molecule has 188 valence electrons. The molecule has 0 aliphatic carbocycles. The number of thioether (sulfide) groups is 1. The van der Waals surface area contributed by atoms with E-state index in [1.165, 1.54) is 11.8 Å². The number of carbonyl (C=O) groups is 5. The van der Waals surface area contributed by atoms with E-state index in [4.69, 9.17) is 22.3 Å². The van der Waals surface area contributed by atoms with E-state index >= 15 is 0 Å². The Bertz CT molecular complexity index is 716. The molecule has 33 heavy (non-hydrogen) atoms. The number of nitrogens with one attached hydrogen (secondary N) is 3. The topological polar surface area (TPSA) is 252 Å². The Balaban J connectivity index is 5.41. The van der Waals surface area contributed by atoms with Crippen molar-refractivity contribution in [2.45, 2.75) is 50.2 Å². The summed E-state index contributed by atoms with van der Waals surface area (Å²) >= 11 is 1.39. The third-order valence-corrected chi connectivity index (χ3v) is 4.93. The predicted molar refractivity (Wildman–Crippen MR) is 122 cm³/mol. The highest BCUT2D eigenvalue weighted by Crippen LogP contribution is 2.06. The van der Waals surface area contributed by atoms with Gasteiger partial charge >= 0.3 is 11.9 Å². The lowest BCUT2D eigenvalue weighted by Crippen LogP contribution is -2.56. The smallest absolute Gasteiger partial charge is 0.326 e. The van der Waals surface area contributed by atoms with Crippen LogP contribution in [0.5, 0.6) is 0 Å². The van der Waals surface area contributed by atoms with E-state index in [-0.39, 0.29) is 38.3 Å². The van der Waals surface area contributed by atoms with Crippen molar-refractivity contribution < 1.29 is 34.2 Å². The van der Waals surface area contributed by atoms with Gasteiger partial charge in [0.15, 0.2) is 5.96 Å². The number of rotatable bonds is 17. The van der Waals surface area contributed by atoms with Gasteiger partial charge < -0.3 is 43.4 Å². The van der Waals surface area contributed by atoms with Gasteiger partial charge in [0.05, 0.1) is 6.54 Å². The van der Waals surface area contributed by atoms with Crippen LogP contribution in [0.25, 0.3) is 0 Å². The summed E-state index contributed by atoms with van der Waals surface area (Å²) < 4.78 is 0. The lowest BCUT2D eigenvalue weighted by Gasteiger charge is -2.24. The molecule has 0 bridgehead atoms. The lowest BCUT2D eigenvalue weighted by molar-refractivity contribution is -0.143. The van der Waals surface area contributed by atoms with Gasteiger partial charge in [-0.25, -0.2) is 4.79 Å². The minimum absolute atomic E-state index is 0.104. The van der Waals surface area contributed by atoms with Crippen LogP contribution in [0.1, 0.15) is 32.1 Å². The normalized spacial score (nSPS) is 13.2. The number of nitrogens with two attached hydrogens (primary N) is 3. The van der Waals surface area contributed by atoms with E-state index in [1.54, 1.807) is 6.26 Å². The number of hydrogen-bond acceptors (Lipinski definition) is 8. The van der Waals surface area contributed by atoms with Crippen molar-refractivity contribution in [1.29, 1.82) is 0 Å². The average Bonchev–Trinajstić information content (AvgIpc) is 2.74. The van der Waals surface area contributed by atoms with Gasteiger partial charge in [-0.3, -0.25) is 24.2 Å². The van der Waals surface area contributed by atoms with Gasteiger partial charge in [0.1, 0.15) is 18.1 Å². The standard InChI is InChI=1S/C18H33N7O7S/c1-33-8-6-12(17(31)32)25-16(30)11(4-5-14(27)28)24-15(29)10(23-13(26)9-19)3-2-7-22-18(20)21/h10-12H,2-9,19H2,1H3,(H,23,26)(H,24,29)(H,25,30)(H,27,28)(H,31,32)(H4,20,21,22). The summed E-state index contributed by atoms with van der Waals surface area (Å²) in [6.45, 7) is -0.195. The SMILES string of the molecule is CSCCC(NC(=O)C(CCC(=O)O)NC(=O)C(CCCN=C(N)N)NC(=O)CN)C(=O)O. The third-order valence-electron chi connectivity index (χ3n) is 4.29. The van der Waals surface area contributed by atoms with Crippen LogP contribution in [0.15, 0.2) is 4.99 Å². The summed E-state index contributed by atoms with van der Waals surface area (Å²) in [7, 11) is 0. The molecule has 0 radical (unpaired) electrons. The maximum atomic E-state index is 12.8. The summed E-state index contributed by atoms with van der Waals surface area (Å²) in [6, 6.07) is -3.64. The fourth-order valence-corrected chi connectivity index (χ4v) is 3.07. The fraction of sp³-hybridized carbons (Fsp3) is 0.667. The number of amides is 3. The Hall–Kier alpha value is -3.07. The summed E-state index contributed by atoms with van der Waals surface area (Å²) in [5.41, 5.74) is 15.8. The lowest BCUT2D eigenvalue weighted by atomic mass is 10.1. The summed E-state index contributed by atoms with van der Waals surface area (Å²) in [4.78, 5) is 63.3. The number of aliphatic carboxylic acids is 2. The summed E-state index contributed by atoms with van der Waals surface area (Å²) in [6.07, 6.45) is 1.59. The molecular weight excluding hydrogens is 458 g/mol. The zero-order chi connectivity index (χ0) is 25.4. The van der Waals surface area contributed by atoms with E-state index in [2.05, 4.69) is 20.9 Å². The molecule has 0 aromatic heterocycles. The van der Waals surface area contributed by atoms with Crippen molar-refractivity contribution in [2.24, 2.45) is 22.2 Å². The van der Waals surface area contributed by atoms with Gasteiger partial charge in [-0.2, -0.15) is 11.8 Å². The molecule has 0 saturated heterocycles. The second kappa shape index (κ2) is 16.5. The minimum Gasteiger partial charge on any atom is -0.481 e. The molecule has 0 aromatic rings. The van der Waals surface area contributed by atoms with Crippen LogP contribution in [0.4, 0.5) is 0 Å². The molecule has 0 rings (SSSR count). The summed E-state index contributed by atoms with van der Waals surface area (Å²) in [5.74, 6) is -4.36. The number of carboxylic acids is 2. The third kappa shape index (κ3) is 13.8. The molecule has 3 amide bonds. The number of hydrogen-bond donors (Lipinski definition) is 8. The van der Waals surface area contributed by atoms with Crippen LogP contribution in [0.2, 0.25) is 0 Å². The molecule has 0 heterocycles. The molecule has 3 unspecified atom stereocenters. The molecule has 14 nitrogen and oxygen atoms in total. The van der Waals surface area contributed by atoms with Crippen LogP contribution in [-0.4, -0.2) is 89.1 Å². The molecule has 0 aliphatic rings. The monoisotopic (exact) mass is 491 g/mol. The van der Waals surface area contributed by atoms with E-state index in [9.17, 15) is 29.1 Å². The molecular formula is C18H33N7O7S.